The lowest BCUT2D eigenvalue weighted by Gasteiger charge is -2.34. The monoisotopic (exact) mass is 424 g/mol. The molecule has 2 aromatic carbocycles. The second kappa shape index (κ2) is 8.08. The average Bonchev–Trinajstić information content (AvgIpc) is 2.61. The zero-order chi connectivity index (χ0) is 20.5. The van der Waals surface area contributed by atoms with E-state index in [9.17, 15) is 18.3 Å². The first-order valence-electron chi connectivity index (χ1n) is 8.72. The number of hydrogen-bond acceptors (Lipinski definition) is 5. The van der Waals surface area contributed by atoms with Crippen LogP contribution in [0.25, 0.3) is 0 Å². The zero-order valence-corrected chi connectivity index (χ0v) is 17.0. The minimum atomic E-state index is -3.81. The van der Waals surface area contributed by atoms with Gasteiger partial charge < -0.3 is 15.2 Å². The molecule has 150 valence electrons. The van der Waals surface area contributed by atoms with Crippen LogP contribution < -0.4 is 5.32 Å². The highest BCUT2D eigenvalue weighted by atomic mass is 35.5. The number of carbonyl (C=O) groups excluding carboxylic acids is 1. The van der Waals surface area contributed by atoms with Gasteiger partial charge in [-0.1, -0.05) is 17.7 Å². The first kappa shape index (κ1) is 20.6. The number of aromatic hydroxyl groups is 1. The first-order valence-corrected chi connectivity index (χ1v) is 10.5. The molecule has 0 radical (unpaired) electrons. The van der Waals surface area contributed by atoms with E-state index in [1.54, 1.807) is 12.1 Å². The standard InChI is InChI=1S/C19H21ClN2O5S/c1-12-10-22(11-13(2)27-12)28(25,26)16-6-7-18(20)17(9-16)19(24)21-14-4-3-5-15(23)8-14/h3-9,12-13,23H,10-11H2,1-2H3,(H,21,24)/t12-,13-/m0/s1. The van der Waals surface area contributed by atoms with Crippen molar-refractivity contribution in [1.29, 1.82) is 0 Å². The third kappa shape index (κ3) is 4.47. The van der Waals surface area contributed by atoms with Gasteiger partial charge in [-0.05, 0) is 44.2 Å². The summed E-state index contributed by atoms with van der Waals surface area (Å²) in [7, 11) is -3.81. The van der Waals surface area contributed by atoms with E-state index >= 15 is 0 Å². The maximum absolute atomic E-state index is 13.0. The number of rotatable bonds is 4. The Morgan fingerprint density at radius 2 is 1.86 bits per heavy atom. The van der Waals surface area contributed by atoms with E-state index in [2.05, 4.69) is 5.32 Å². The molecule has 1 aliphatic heterocycles. The molecule has 0 bridgehead atoms. The third-order valence-corrected chi connectivity index (χ3v) is 6.47. The fourth-order valence-electron chi connectivity index (χ4n) is 3.10. The van der Waals surface area contributed by atoms with E-state index < -0.39 is 15.9 Å². The highest BCUT2D eigenvalue weighted by Gasteiger charge is 2.32. The van der Waals surface area contributed by atoms with E-state index in [-0.39, 0.29) is 46.5 Å². The molecule has 0 aromatic heterocycles. The molecule has 1 aliphatic rings. The van der Waals surface area contributed by atoms with Crippen LogP contribution in [0.15, 0.2) is 47.4 Å². The molecule has 1 heterocycles. The van der Waals surface area contributed by atoms with Gasteiger partial charge in [0.1, 0.15) is 5.75 Å². The molecule has 0 saturated carbocycles. The van der Waals surface area contributed by atoms with E-state index in [1.165, 1.54) is 34.6 Å². The Kier molecular flexibility index (Phi) is 5.95. The molecule has 2 aromatic rings. The van der Waals surface area contributed by atoms with Gasteiger partial charge in [0, 0.05) is 24.8 Å². The number of benzene rings is 2. The van der Waals surface area contributed by atoms with E-state index in [4.69, 9.17) is 16.3 Å². The number of sulfonamides is 1. The Bertz CT molecular complexity index is 986. The lowest BCUT2D eigenvalue weighted by molar-refractivity contribution is -0.0440. The van der Waals surface area contributed by atoms with Crippen LogP contribution in [0.3, 0.4) is 0 Å². The topological polar surface area (TPSA) is 95.9 Å². The number of nitrogens with one attached hydrogen (secondary N) is 1. The number of carbonyl (C=O) groups is 1. The molecule has 7 nitrogen and oxygen atoms in total. The Hall–Kier alpha value is -2.13. The molecule has 0 spiro atoms. The molecular formula is C19H21ClN2O5S. The molecule has 2 N–H and O–H groups in total. The van der Waals surface area contributed by atoms with Crippen molar-refractivity contribution in [1.82, 2.24) is 4.31 Å². The van der Waals surface area contributed by atoms with Crippen molar-refractivity contribution in [3.05, 3.63) is 53.1 Å². The van der Waals surface area contributed by atoms with Crippen molar-refractivity contribution in [2.24, 2.45) is 0 Å². The number of amides is 1. The quantitative estimate of drug-likeness (QED) is 0.786. The number of ether oxygens (including phenoxy) is 1. The largest absolute Gasteiger partial charge is 0.508 e. The second-order valence-electron chi connectivity index (χ2n) is 6.73. The summed E-state index contributed by atoms with van der Waals surface area (Å²) in [5.41, 5.74) is 0.394. The van der Waals surface area contributed by atoms with Crippen LogP contribution in [0.2, 0.25) is 5.02 Å². The highest BCUT2D eigenvalue weighted by molar-refractivity contribution is 7.89. The van der Waals surface area contributed by atoms with Crippen molar-refractivity contribution in [2.45, 2.75) is 31.0 Å². The molecule has 3 rings (SSSR count). The van der Waals surface area contributed by atoms with Gasteiger partial charge in [0.05, 0.1) is 27.7 Å². The van der Waals surface area contributed by atoms with Crippen LogP contribution in [0.5, 0.6) is 5.75 Å². The summed E-state index contributed by atoms with van der Waals surface area (Å²) in [6.07, 6.45) is -0.446. The predicted molar refractivity (Wildman–Crippen MR) is 106 cm³/mol. The molecular weight excluding hydrogens is 404 g/mol. The van der Waals surface area contributed by atoms with Gasteiger partial charge in [0.15, 0.2) is 0 Å². The molecule has 0 unspecified atom stereocenters. The van der Waals surface area contributed by atoms with E-state index in [0.717, 1.165) is 0 Å². The smallest absolute Gasteiger partial charge is 0.257 e. The number of halogens is 1. The van der Waals surface area contributed by atoms with Crippen molar-refractivity contribution in [2.75, 3.05) is 18.4 Å². The summed E-state index contributed by atoms with van der Waals surface area (Å²) in [6.45, 7) is 4.10. The summed E-state index contributed by atoms with van der Waals surface area (Å²) in [6, 6.07) is 10.1. The molecule has 1 fully saturated rings. The van der Waals surface area contributed by atoms with Crippen LogP contribution >= 0.6 is 11.6 Å². The highest BCUT2D eigenvalue weighted by Crippen LogP contribution is 2.26. The molecule has 2 atom stereocenters. The number of hydrogen-bond donors (Lipinski definition) is 2. The number of morpholine rings is 1. The number of anilines is 1. The predicted octanol–water partition coefficient (Wildman–Crippen LogP) is 3.10. The lowest BCUT2D eigenvalue weighted by atomic mass is 10.2. The van der Waals surface area contributed by atoms with E-state index in [1.807, 2.05) is 13.8 Å². The SMILES string of the molecule is C[C@H]1CN(S(=O)(=O)c2ccc(Cl)c(C(=O)Nc3cccc(O)c3)c2)C[C@H](C)O1. The van der Waals surface area contributed by atoms with Gasteiger partial charge in [0.25, 0.3) is 5.91 Å². The third-order valence-electron chi connectivity index (χ3n) is 4.31. The van der Waals surface area contributed by atoms with Crippen LogP contribution in [0.1, 0.15) is 24.2 Å². The van der Waals surface area contributed by atoms with Crippen molar-refractivity contribution in [3.63, 3.8) is 0 Å². The summed E-state index contributed by atoms with van der Waals surface area (Å²) >= 11 is 6.13. The van der Waals surface area contributed by atoms with Crippen LogP contribution in [0.4, 0.5) is 5.69 Å². The van der Waals surface area contributed by atoms with Crippen LogP contribution in [-0.2, 0) is 14.8 Å². The Morgan fingerprint density at radius 3 is 2.50 bits per heavy atom. The fourth-order valence-corrected chi connectivity index (χ4v) is 4.92. The molecule has 9 heteroatoms. The number of nitrogens with zero attached hydrogens (tertiary/aromatic N) is 1. The van der Waals surface area contributed by atoms with Crippen molar-refractivity contribution in [3.8, 4) is 5.75 Å². The fraction of sp³-hybridized carbons (Fsp3) is 0.316. The maximum Gasteiger partial charge on any atom is 0.257 e. The maximum atomic E-state index is 13.0. The summed E-state index contributed by atoms with van der Waals surface area (Å²) in [5, 5.41) is 12.2. The minimum Gasteiger partial charge on any atom is -0.508 e. The Morgan fingerprint density at radius 1 is 1.18 bits per heavy atom. The van der Waals surface area contributed by atoms with Crippen LogP contribution in [0, 0.1) is 0 Å². The lowest BCUT2D eigenvalue weighted by Crippen LogP contribution is -2.48. The Balaban J connectivity index is 1.89. The van der Waals surface area contributed by atoms with Gasteiger partial charge in [0.2, 0.25) is 10.0 Å². The zero-order valence-electron chi connectivity index (χ0n) is 15.4. The van der Waals surface area contributed by atoms with Crippen molar-refractivity contribution >= 4 is 33.2 Å². The number of phenols is 1. The summed E-state index contributed by atoms with van der Waals surface area (Å²) in [4.78, 5) is 12.6. The average molecular weight is 425 g/mol. The summed E-state index contributed by atoms with van der Waals surface area (Å²) in [5.74, 6) is -0.577. The van der Waals surface area contributed by atoms with Gasteiger partial charge >= 0.3 is 0 Å². The van der Waals surface area contributed by atoms with Crippen LogP contribution in [-0.4, -0.2) is 49.0 Å². The summed E-state index contributed by atoms with van der Waals surface area (Å²) < 4.78 is 33.0. The number of phenolic OH excluding ortho intramolecular Hbond substituents is 1. The van der Waals surface area contributed by atoms with Gasteiger partial charge in [-0.2, -0.15) is 4.31 Å². The molecule has 1 amide bonds. The van der Waals surface area contributed by atoms with Gasteiger partial charge in [-0.25, -0.2) is 8.42 Å². The van der Waals surface area contributed by atoms with Gasteiger partial charge in [-0.15, -0.1) is 0 Å². The first-order chi connectivity index (χ1) is 13.2. The normalized spacial score (nSPS) is 20.7. The molecule has 28 heavy (non-hydrogen) atoms. The second-order valence-corrected chi connectivity index (χ2v) is 9.07. The molecule has 1 saturated heterocycles. The Labute approximate surface area is 168 Å². The minimum absolute atomic E-state index is 0.00391. The van der Waals surface area contributed by atoms with Crippen molar-refractivity contribution < 1.29 is 23.1 Å². The molecule has 0 aliphatic carbocycles. The van der Waals surface area contributed by atoms with Gasteiger partial charge in [-0.3, -0.25) is 4.79 Å². The van der Waals surface area contributed by atoms with E-state index in [0.29, 0.717) is 5.69 Å².